The number of rotatable bonds is 12. The van der Waals surface area contributed by atoms with Crippen LogP contribution < -0.4 is 5.73 Å². The lowest BCUT2D eigenvalue weighted by atomic mass is 9.55. The molecule has 3 atom stereocenters. The SMILES string of the molecule is CCC1C(=O)C2(N=C(N)C1C)c1cc(-c3cc(Cl)cc(C4CC4)c3)ccc1CC21CCC(OCCCC2(C(C)(C)C(=O)N(C)CC)CCC(OC)CC2)CC1. The van der Waals surface area contributed by atoms with E-state index in [9.17, 15) is 4.79 Å². The number of amidine groups is 1. The average Bonchev–Trinajstić information content (AvgIpc) is 4.01. The van der Waals surface area contributed by atoms with Gasteiger partial charge in [-0.15, -0.1) is 0 Å². The zero-order valence-corrected chi connectivity index (χ0v) is 35.4. The Hall–Kier alpha value is -2.74. The van der Waals surface area contributed by atoms with Crippen LogP contribution in [0.4, 0.5) is 0 Å². The summed E-state index contributed by atoms with van der Waals surface area (Å²) in [5.41, 5.74) is 10.7. The quantitative estimate of drug-likeness (QED) is 0.217. The molecule has 0 aromatic heterocycles. The van der Waals surface area contributed by atoms with Gasteiger partial charge in [-0.3, -0.25) is 14.6 Å². The molecule has 0 saturated heterocycles. The molecule has 2 spiro atoms. The highest BCUT2D eigenvalue weighted by molar-refractivity contribution is 6.31. The van der Waals surface area contributed by atoms with E-state index in [2.05, 4.69) is 64.1 Å². The number of aliphatic imine (C=N–C) groups is 1. The van der Waals surface area contributed by atoms with Gasteiger partial charge in [0.15, 0.2) is 11.3 Å². The summed E-state index contributed by atoms with van der Waals surface area (Å²) in [5, 5.41) is 0.759. The highest BCUT2D eigenvalue weighted by Crippen LogP contribution is 2.63. The highest BCUT2D eigenvalue weighted by Gasteiger charge is 2.65. The van der Waals surface area contributed by atoms with Crippen LogP contribution in [-0.2, 0) is 31.0 Å². The Kier molecular flexibility index (Phi) is 11.4. The number of fused-ring (bicyclic) bond motifs is 3. The lowest BCUT2D eigenvalue weighted by Gasteiger charge is -2.51. The Morgan fingerprint density at radius 1 is 0.982 bits per heavy atom. The number of ether oxygens (including phenoxy) is 2. The van der Waals surface area contributed by atoms with Crippen molar-refractivity contribution in [2.45, 2.75) is 148 Å². The first-order chi connectivity index (χ1) is 26.2. The van der Waals surface area contributed by atoms with Gasteiger partial charge < -0.3 is 20.1 Å². The molecule has 7 rings (SSSR count). The van der Waals surface area contributed by atoms with Gasteiger partial charge in [0.25, 0.3) is 0 Å². The summed E-state index contributed by atoms with van der Waals surface area (Å²) in [5.74, 6) is 1.45. The van der Waals surface area contributed by atoms with Crippen LogP contribution in [0.1, 0.15) is 141 Å². The van der Waals surface area contributed by atoms with Crippen LogP contribution in [0.25, 0.3) is 11.1 Å². The average molecular weight is 773 g/mol. The zero-order valence-electron chi connectivity index (χ0n) is 34.6. The number of nitrogens with two attached hydrogens (primary N) is 1. The molecule has 3 saturated carbocycles. The van der Waals surface area contributed by atoms with Gasteiger partial charge in [-0.1, -0.05) is 57.5 Å². The summed E-state index contributed by atoms with van der Waals surface area (Å²) in [4.78, 5) is 36.1. The maximum absolute atomic E-state index is 15.1. The van der Waals surface area contributed by atoms with E-state index < -0.39 is 11.0 Å². The second kappa shape index (κ2) is 15.5. The zero-order chi connectivity index (χ0) is 39.3. The molecule has 4 aliphatic carbocycles. The second-order valence-electron chi connectivity index (χ2n) is 18.6. The number of hydrogen-bond acceptors (Lipinski definition) is 6. The van der Waals surface area contributed by atoms with Crippen molar-refractivity contribution in [3.63, 3.8) is 0 Å². The Balaban J connectivity index is 1.10. The van der Waals surface area contributed by atoms with Crippen LogP contribution in [-0.4, -0.2) is 61.9 Å². The van der Waals surface area contributed by atoms with Gasteiger partial charge in [0.1, 0.15) is 0 Å². The fourth-order valence-corrected chi connectivity index (χ4v) is 11.8. The van der Waals surface area contributed by atoms with Gasteiger partial charge in [-0.25, -0.2) is 0 Å². The lowest BCUT2D eigenvalue weighted by molar-refractivity contribution is -0.151. The number of nitrogens with zero attached hydrogens (tertiary/aromatic N) is 2. The van der Waals surface area contributed by atoms with Crippen molar-refractivity contribution >= 4 is 29.1 Å². The number of methoxy groups -OCH3 is 1. The fraction of sp³-hybridized carbons (Fsp3) is 0.681. The summed E-state index contributed by atoms with van der Waals surface area (Å²) in [7, 11) is 3.74. The van der Waals surface area contributed by atoms with Gasteiger partial charge in [-0.05, 0) is 154 Å². The summed E-state index contributed by atoms with van der Waals surface area (Å²) in [6.07, 6.45) is 13.8. The number of benzene rings is 2. The number of amides is 1. The minimum absolute atomic E-state index is 0.0726. The molecule has 3 unspecified atom stereocenters. The van der Waals surface area contributed by atoms with E-state index in [0.717, 1.165) is 98.8 Å². The Morgan fingerprint density at radius 2 is 1.67 bits per heavy atom. The van der Waals surface area contributed by atoms with Crippen LogP contribution in [0.3, 0.4) is 0 Å². The molecular formula is C47H66ClN3O4. The molecule has 0 radical (unpaired) electrons. The summed E-state index contributed by atoms with van der Waals surface area (Å²) >= 11 is 6.69. The van der Waals surface area contributed by atoms with E-state index >= 15 is 4.79 Å². The van der Waals surface area contributed by atoms with Crippen LogP contribution in [0.15, 0.2) is 41.4 Å². The largest absolute Gasteiger partial charge is 0.387 e. The first-order valence-corrected chi connectivity index (χ1v) is 21.9. The highest BCUT2D eigenvalue weighted by atomic mass is 35.5. The normalized spacial score (nSPS) is 32.1. The number of ketones is 1. The third-order valence-corrected chi connectivity index (χ3v) is 15.8. The topological polar surface area (TPSA) is 94.2 Å². The predicted octanol–water partition coefficient (Wildman–Crippen LogP) is 10.0. The number of carbonyl (C=O) groups excluding carboxylic acids is 2. The van der Waals surface area contributed by atoms with Gasteiger partial charge >= 0.3 is 0 Å². The molecular weight excluding hydrogens is 706 g/mol. The van der Waals surface area contributed by atoms with Gasteiger partial charge in [-0.2, -0.15) is 0 Å². The predicted molar refractivity (Wildman–Crippen MR) is 222 cm³/mol. The van der Waals surface area contributed by atoms with E-state index in [1.165, 1.54) is 24.0 Å². The van der Waals surface area contributed by atoms with Crippen LogP contribution in [0.5, 0.6) is 0 Å². The number of carbonyl (C=O) groups is 2. The third-order valence-electron chi connectivity index (χ3n) is 15.5. The van der Waals surface area contributed by atoms with Gasteiger partial charge in [0, 0.05) is 55.0 Å². The summed E-state index contributed by atoms with van der Waals surface area (Å²) < 4.78 is 12.5. The molecule has 3 fully saturated rings. The van der Waals surface area contributed by atoms with Gasteiger partial charge in [0.2, 0.25) is 5.91 Å². The first-order valence-electron chi connectivity index (χ1n) is 21.5. The number of Topliss-reactive ketones (excluding diaryl/α,β-unsaturated/α-hetero) is 1. The van der Waals surface area contributed by atoms with Crippen molar-refractivity contribution in [3.8, 4) is 11.1 Å². The van der Waals surface area contributed by atoms with E-state index in [1.54, 1.807) is 0 Å². The van der Waals surface area contributed by atoms with Crippen LogP contribution in [0, 0.1) is 28.1 Å². The van der Waals surface area contributed by atoms with Crippen LogP contribution in [0.2, 0.25) is 5.02 Å². The molecule has 2 aromatic rings. The van der Waals surface area contributed by atoms with Crippen molar-refractivity contribution in [1.29, 1.82) is 0 Å². The molecule has 2 N–H and O–H groups in total. The molecule has 1 heterocycles. The second-order valence-corrected chi connectivity index (χ2v) is 19.1. The Bertz CT molecular complexity index is 1780. The monoisotopic (exact) mass is 771 g/mol. The molecule has 300 valence electrons. The molecule has 7 nitrogen and oxygen atoms in total. The molecule has 1 aliphatic heterocycles. The molecule has 0 bridgehead atoms. The minimum Gasteiger partial charge on any atom is -0.387 e. The van der Waals surface area contributed by atoms with E-state index in [1.807, 2.05) is 26.0 Å². The Morgan fingerprint density at radius 3 is 2.31 bits per heavy atom. The smallest absolute Gasteiger partial charge is 0.228 e. The minimum atomic E-state index is -0.990. The van der Waals surface area contributed by atoms with Crippen molar-refractivity contribution in [2.24, 2.45) is 38.8 Å². The van der Waals surface area contributed by atoms with E-state index in [4.69, 9.17) is 31.8 Å². The van der Waals surface area contributed by atoms with Crippen molar-refractivity contribution < 1.29 is 19.1 Å². The van der Waals surface area contributed by atoms with Crippen molar-refractivity contribution in [3.05, 3.63) is 58.1 Å². The number of halogens is 1. The fourth-order valence-electron chi connectivity index (χ4n) is 11.5. The maximum Gasteiger partial charge on any atom is 0.228 e. The molecule has 8 heteroatoms. The molecule has 5 aliphatic rings. The summed E-state index contributed by atoms with van der Waals surface area (Å²) in [6.45, 7) is 12.0. The van der Waals surface area contributed by atoms with Crippen LogP contribution >= 0.6 is 11.6 Å². The molecule has 1 amide bonds. The lowest BCUT2D eigenvalue weighted by Crippen LogP contribution is -2.57. The van der Waals surface area contributed by atoms with Gasteiger partial charge in [0.05, 0.1) is 18.0 Å². The standard InChI is InChI=1S/C47H66ClN3O4/c1-8-39-30(3)42(49)50-47(41(39)52)40-28-32(35-25-34(31-11-12-31)26-36(48)27-35)13-14-33(40)29-46(47)22-17-38(18-23-46)55-24-10-19-45(20-15-37(54-7)16-21-45)44(4,5)43(53)51(6)9-2/h13-14,25-28,30-31,37-39H,8-12,15-24,29H2,1-7H3,(H2,49,50). The number of hydrogen-bond donors (Lipinski definition) is 1. The summed E-state index contributed by atoms with van der Waals surface area (Å²) in [6, 6.07) is 13.2. The van der Waals surface area contributed by atoms with Crippen molar-refractivity contribution in [1.82, 2.24) is 4.90 Å². The Labute approximate surface area is 335 Å². The first kappa shape index (κ1) is 40.5. The van der Waals surface area contributed by atoms with Crippen molar-refractivity contribution in [2.75, 3.05) is 27.3 Å². The van der Waals surface area contributed by atoms with E-state index in [-0.39, 0.29) is 46.6 Å². The molecule has 2 aromatic carbocycles. The third kappa shape index (κ3) is 7.00. The molecule has 55 heavy (non-hydrogen) atoms. The maximum atomic E-state index is 15.1. The van der Waals surface area contributed by atoms with E-state index in [0.29, 0.717) is 24.9 Å².